The van der Waals surface area contributed by atoms with E-state index in [9.17, 15) is 9.90 Å². The zero-order valence-corrected chi connectivity index (χ0v) is 22.8. The van der Waals surface area contributed by atoms with E-state index in [-0.39, 0.29) is 18.0 Å². The van der Waals surface area contributed by atoms with Crippen LogP contribution in [0.2, 0.25) is 0 Å². The summed E-state index contributed by atoms with van der Waals surface area (Å²) in [5.41, 5.74) is -0.148. The molecule has 3 atom stereocenters. The van der Waals surface area contributed by atoms with Crippen LogP contribution in [0, 0.1) is 11.8 Å². The van der Waals surface area contributed by atoms with Gasteiger partial charge in [-0.2, -0.15) is 0 Å². The number of ether oxygens (including phenoxy) is 2. The molecular weight excluding hydrogens is 454 g/mol. The zero-order valence-electron chi connectivity index (χ0n) is 22.8. The smallest absolute Gasteiger partial charge is 0.317 e. The quantitative estimate of drug-likeness (QED) is 0.341. The number of benzene rings is 1. The summed E-state index contributed by atoms with van der Waals surface area (Å²) in [5.74, 6) is 1.41. The summed E-state index contributed by atoms with van der Waals surface area (Å²) in [4.78, 5) is 15.3. The van der Waals surface area contributed by atoms with Crippen LogP contribution in [-0.2, 0) is 10.3 Å². The van der Waals surface area contributed by atoms with Crippen LogP contribution in [0.1, 0.15) is 76.2 Å². The third-order valence-corrected chi connectivity index (χ3v) is 8.23. The molecule has 2 amide bonds. The van der Waals surface area contributed by atoms with Crippen molar-refractivity contribution in [2.45, 2.75) is 82.3 Å². The molecule has 1 aromatic rings. The average molecular weight is 504 g/mol. The predicted molar refractivity (Wildman–Crippen MR) is 144 cm³/mol. The molecule has 1 saturated heterocycles. The highest BCUT2D eigenvalue weighted by molar-refractivity contribution is 5.74. The van der Waals surface area contributed by atoms with Gasteiger partial charge in [0.05, 0.1) is 12.7 Å². The van der Waals surface area contributed by atoms with Gasteiger partial charge in [0.1, 0.15) is 5.75 Å². The van der Waals surface area contributed by atoms with Gasteiger partial charge >= 0.3 is 6.03 Å². The molecule has 3 N–H and O–H groups in total. The maximum absolute atomic E-state index is 13.4. The first-order chi connectivity index (χ1) is 17.5. The predicted octanol–water partition coefficient (Wildman–Crippen LogP) is 4.68. The van der Waals surface area contributed by atoms with E-state index in [2.05, 4.69) is 10.6 Å². The highest BCUT2D eigenvalue weighted by atomic mass is 16.5. The van der Waals surface area contributed by atoms with Crippen LogP contribution in [0.25, 0.3) is 0 Å². The molecule has 1 heterocycles. The number of nitrogens with one attached hydrogen (secondary N) is 2. The van der Waals surface area contributed by atoms with Crippen molar-refractivity contribution in [1.29, 1.82) is 0 Å². The van der Waals surface area contributed by atoms with Gasteiger partial charge in [0.2, 0.25) is 0 Å². The third-order valence-electron chi connectivity index (χ3n) is 8.23. The van der Waals surface area contributed by atoms with Crippen molar-refractivity contribution in [2.24, 2.45) is 11.8 Å². The fourth-order valence-corrected chi connectivity index (χ4v) is 6.20. The normalized spacial score (nSPS) is 21.6. The molecule has 7 heteroatoms. The summed E-state index contributed by atoms with van der Waals surface area (Å²) in [5, 5.41) is 18.7. The second-order valence-corrected chi connectivity index (χ2v) is 10.8. The van der Waals surface area contributed by atoms with Gasteiger partial charge in [-0.1, -0.05) is 44.2 Å². The monoisotopic (exact) mass is 503 g/mol. The lowest BCUT2D eigenvalue weighted by Crippen LogP contribution is -2.54. The van der Waals surface area contributed by atoms with Crippen molar-refractivity contribution in [1.82, 2.24) is 15.5 Å². The molecule has 0 bridgehead atoms. The Morgan fingerprint density at radius 2 is 1.97 bits per heavy atom. The summed E-state index contributed by atoms with van der Waals surface area (Å²) in [6, 6.07) is 7.92. The standard InChI is InChI=1S/C29H49N3O4/c1-30-21-26(19-23-11-5-4-6-12-23)31-28(33)32-17-10-14-25(22-32)29(34,16-7-8-18-35-2)24-13-9-15-27(20-24)36-3/h9,13,15,20,23,25-26,30,34H,4-8,10-12,14,16-19,21-22H2,1-3H3,(H,31,33)/t25-,26?,29-/m1/s1. The molecule has 2 fully saturated rings. The summed E-state index contributed by atoms with van der Waals surface area (Å²) in [7, 11) is 5.31. The first-order valence-electron chi connectivity index (χ1n) is 14.1. The number of carbonyl (C=O) groups is 1. The fourth-order valence-electron chi connectivity index (χ4n) is 6.20. The van der Waals surface area contributed by atoms with Crippen molar-refractivity contribution >= 4 is 6.03 Å². The minimum Gasteiger partial charge on any atom is -0.497 e. The number of carbonyl (C=O) groups excluding carboxylic acids is 1. The van der Waals surface area contributed by atoms with Crippen LogP contribution < -0.4 is 15.4 Å². The molecule has 1 aliphatic carbocycles. The molecule has 36 heavy (non-hydrogen) atoms. The molecule has 204 valence electrons. The summed E-state index contributed by atoms with van der Waals surface area (Å²) in [6.07, 6.45) is 11.7. The van der Waals surface area contributed by atoms with Gasteiger partial charge in [0.15, 0.2) is 0 Å². The summed E-state index contributed by atoms with van der Waals surface area (Å²) >= 11 is 0. The Balaban J connectivity index is 1.70. The fraction of sp³-hybridized carbons (Fsp3) is 0.759. The van der Waals surface area contributed by atoms with Crippen LogP contribution in [0.4, 0.5) is 4.79 Å². The first-order valence-corrected chi connectivity index (χ1v) is 14.1. The van der Waals surface area contributed by atoms with Gasteiger partial charge in [-0.15, -0.1) is 0 Å². The number of urea groups is 1. The van der Waals surface area contributed by atoms with Crippen molar-refractivity contribution in [2.75, 3.05) is 47.5 Å². The number of hydrogen-bond donors (Lipinski definition) is 3. The highest BCUT2D eigenvalue weighted by Gasteiger charge is 2.41. The molecule has 1 aliphatic heterocycles. The van der Waals surface area contributed by atoms with E-state index >= 15 is 0 Å². The number of nitrogens with zero attached hydrogens (tertiary/aromatic N) is 1. The van der Waals surface area contributed by atoms with E-state index < -0.39 is 5.60 Å². The van der Waals surface area contributed by atoms with Crippen molar-refractivity contribution in [3.05, 3.63) is 29.8 Å². The summed E-state index contributed by atoms with van der Waals surface area (Å²) in [6.45, 7) is 2.75. The lowest BCUT2D eigenvalue weighted by Gasteiger charge is -2.43. The third kappa shape index (κ3) is 8.09. The lowest BCUT2D eigenvalue weighted by molar-refractivity contribution is -0.0565. The second-order valence-electron chi connectivity index (χ2n) is 10.8. The minimum absolute atomic E-state index is 0.00290. The van der Waals surface area contributed by atoms with Crippen LogP contribution >= 0.6 is 0 Å². The topological polar surface area (TPSA) is 83.1 Å². The van der Waals surface area contributed by atoms with Crippen LogP contribution in [-0.4, -0.2) is 69.6 Å². The number of unbranched alkanes of at least 4 members (excludes halogenated alkanes) is 1. The van der Waals surface area contributed by atoms with Crippen molar-refractivity contribution < 1.29 is 19.4 Å². The first kappa shape index (κ1) is 28.7. The van der Waals surface area contributed by atoms with E-state index in [1.807, 2.05) is 36.2 Å². The number of likely N-dealkylation sites (N-methyl/N-ethyl adjacent to an activating group) is 1. The maximum atomic E-state index is 13.4. The molecule has 1 saturated carbocycles. The summed E-state index contributed by atoms with van der Waals surface area (Å²) < 4.78 is 10.7. The Morgan fingerprint density at radius 3 is 2.69 bits per heavy atom. The van der Waals surface area contributed by atoms with Gasteiger partial charge < -0.3 is 30.1 Å². The van der Waals surface area contributed by atoms with Gasteiger partial charge in [-0.3, -0.25) is 0 Å². The van der Waals surface area contributed by atoms with E-state index in [1.54, 1.807) is 14.2 Å². The van der Waals surface area contributed by atoms with E-state index in [4.69, 9.17) is 9.47 Å². The van der Waals surface area contributed by atoms with Gasteiger partial charge in [-0.05, 0) is 69.2 Å². The number of amides is 2. The second kappa shape index (κ2) is 14.8. The minimum atomic E-state index is -1.02. The molecule has 2 aliphatic rings. The molecule has 0 spiro atoms. The molecule has 0 radical (unpaired) electrons. The number of likely N-dealkylation sites (tertiary alicyclic amines) is 1. The van der Waals surface area contributed by atoms with Crippen LogP contribution in [0.3, 0.4) is 0 Å². The van der Waals surface area contributed by atoms with E-state index in [0.717, 1.165) is 56.5 Å². The Bertz CT molecular complexity index is 786. The molecule has 1 aromatic carbocycles. The van der Waals surface area contributed by atoms with Gasteiger partial charge in [-0.25, -0.2) is 4.79 Å². The van der Waals surface area contributed by atoms with E-state index in [0.29, 0.717) is 25.5 Å². The molecule has 1 unspecified atom stereocenters. The SMILES string of the molecule is CNCC(CC1CCCCC1)NC(=O)N1CCC[C@@H]([C@@](O)(CCCCOC)c2cccc(OC)c2)C1. The highest BCUT2D eigenvalue weighted by Crippen LogP contribution is 2.40. The number of hydrogen-bond acceptors (Lipinski definition) is 5. The van der Waals surface area contributed by atoms with Gasteiger partial charge in [0.25, 0.3) is 0 Å². The number of aliphatic hydroxyl groups is 1. The Labute approximate surface area is 218 Å². The van der Waals surface area contributed by atoms with Gasteiger partial charge in [0, 0.05) is 45.3 Å². The lowest BCUT2D eigenvalue weighted by atomic mass is 9.74. The molecule has 0 aromatic heterocycles. The number of methoxy groups -OCH3 is 2. The van der Waals surface area contributed by atoms with E-state index in [1.165, 1.54) is 32.1 Å². The molecule has 3 rings (SSSR count). The van der Waals surface area contributed by atoms with Crippen molar-refractivity contribution in [3.63, 3.8) is 0 Å². The Morgan fingerprint density at radius 1 is 1.17 bits per heavy atom. The maximum Gasteiger partial charge on any atom is 0.317 e. The number of piperidine rings is 1. The van der Waals surface area contributed by atoms with Crippen LogP contribution in [0.5, 0.6) is 5.75 Å². The molecular formula is C29H49N3O4. The zero-order chi connectivity index (χ0) is 25.8. The molecule has 7 nitrogen and oxygen atoms in total. The Hall–Kier alpha value is -1.83. The largest absolute Gasteiger partial charge is 0.497 e. The average Bonchev–Trinajstić information content (AvgIpc) is 2.91. The number of rotatable bonds is 13. The van der Waals surface area contributed by atoms with Crippen LogP contribution in [0.15, 0.2) is 24.3 Å². The van der Waals surface area contributed by atoms with Crippen molar-refractivity contribution in [3.8, 4) is 5.75 Å². The Kier molecular flexibility index (Phi) is 11.8.